The number of aldehydes is 1. The van der Waals surface area contributed by atoms with E-state index in [4.69, 9.17) is 5.73 Å². The summed E-state index contributed by atoms with van der Waals surface area (Å²) in [4.78, 5) is 24.0. The molecule has 0 atom stereocenters. The van der Waals surface area contributed by atoms with Crippen LogP contribution in [0.2, 0.25) is 0 Å². The highest BCUT2D eigenvalue weighted by Crippen LogP contribution is 2.26. The van der Waals surface area contributed by atoms with Gasteiger partial charge in [-0.15, -0.1) is 0 Å². The molecular weight excluding hydrogens is 240 g/mol. The molecule has 1 aromatic rings. The number of hydrogen-bond acceptors (Lipinski definition) is 3. The second-order valence-corrected chi connectivity index (χ2v) is 5.26. The van der Waals surface area contributed by atoms with Crippen LogP contribution in [0.1, 0.15) is 35.2 Å². The van der Waals surface area contributed by atoms with Gasteiger partial charge in [0.25, 0.3) is 0 Å². The van der Waals surface area contributed by atoms with Crippen LogP contribution < -0.4 is 10.6 Å². The van der Waals surface area contributed by atoms with Gasteiger partial charge in [0.05, 0.1) is 0 Å². The minimum Gasteiger partial charge on any atom is -0.372 e. The number of aryl methyl sites for hydroxylation is 1. The molecule has 0 aromatic heterocycles. The molecule has 1 aliphatic rings. The van der Waals surface area contributed by atoms with Gasteiger partial charge in [-0.05, 0) is 49.4 Å². The van der Waals surface area contributed by atoms with Gasteiger partial charge < -0.3 is 10.6 Å². The van der Waals surface area contributed by atoms with Crippen molar-refractivity contribution in [3.8, 4) is 0 Å². The fraction of sp³-hybridized carbons (Fsp3) is 0.467. The SMILES string of the molecule is Cc1cc(N2CCC(CC(N)=O)CC2)ccc1C=O. The van der Waals surface area contributed by atoms with Crippen molar-refractivity contribution in [2.24, 2.45) is 11.7 Å². The van der Waals surface area contributed by atoms with E-state index < -0.39 is 0 Å². The maximum absolute atomic E-state index is 10.9. The second kappa shape index (κ2) is 5.87. The predicted octanol–water partition coefficient (Wildman–Crippen LogP) is 1.90. The number of anilines is 1. The van der Waals surface area contributed by atoms with Crippen molar-refractivity contribution in [3.63, 3.8) is 0 Å². The summed E-state index contributed by atoms with van der Waals surface area (Å²) in [7, 11) is 0. The average molecular weight is 260 g/mol. The van der Waals surface area contributed by atoms with Crippen LogP contribution in [-0.4, -0.2) is 25.3 Å². The zero-order valence-electron chi connectivity index (χ0n) is 11.3. The van der Waals surface area contributed by atoms with E-state index in [1.807, 2.05) is 19.1 Å². The third kappa shape index (κ3) is 3.34. The molecule has 1 fully saturated rings. The summed E-state index contributed by atoms with van der Waals surface area (Å²) in [5.74, 6) is 0.216. The van der Waals surface area contributed by atoms with Crippen LogP contribution in [-0.2, 0) is 4.79 Å². The Balaban J connectivity index is 1.99. The number of hydrogen-bond donors (Lipinski definition) is 1. The van der Waals surface area contributed by atoms with Crippen molar-refractivity contribution in [2.75, 3.05) is 18.0 Å². The van der Waals surface area contributed by atoms with Gasteiger partial charge in [0.2, 0.25) is 5.91 Å². The Morgan fingerprint density at radius 3 is 2.63 bits per heavy atom. The van der Waals surface area contributed by atoms with Crippen molar-refractivity contribution in [1.82, 2.24) is 0 Å². The molecule has 1 heterocycles. The number of piperidine rings is 1. The summed E-state index contributed by atoms with van der Waals surface area (Å²) >= 11 is 0. The van der Waals surface area contributed by atoms with Crippen LogP contribution in [0.15, 0.2) is 18.2 Å². The smallest absolute Gasteiger partial charge is 0.217 e. The molecule has 0 aliphatic carbocycles. The van der Waals surface area contributed by atoms with Gasteiger partial charge in [-0.25, -0.2) is 0 Å². The van der Waals surface area contributed by atoms with Crippen molar-refractivity contribution in [1.29, 1.82) is 0 Å². The van der Waals surface area contributed by atoms with Crippen LogP contribution in [0.4, 0.5) is 5.69 Å². The number of benzene rings is 1. The van der Waals surface area contributed by atoms with Gasteiger partial charge in [-0.1, -0.05) is 0 Å². The highest BCUT2D eigenvalue weighted by Gasteiger charge is 2.21. The molecule has 1 amide bonds. The first kappa shape index (κ1) is 13.6. The maximum atomic E-state index is 10.9. The molecule has 0 saturated carbocycles. The highest BCUT2D eigenvalue weighted by atomic mass is 16.1. The zero-order valence-corrected chi connectivity index (χ0v) is 11.3. The summed E-state index contributed by atoms with van der Waals surface area (Å²) in [6.45, 7) is 3.84. The topological polar surface area (TPSA) is 63.4 Å². The molecule has 0 radical (unpaired) electrons. The van der Waals surface area contributed by atoms with Crippen LogP contribution in [0.5, 0.6) is 0 Å². The van der Waals surface area contributed by atoms with Crippen molar-refractivity contribution in [2.45, 2.75) is 26.2 Å². The molecule has 0 unspecified atom stereocenters. The fourth-order valence-electron chi connectivity index (χ4n) is 2.67. The quantitative estimate of drug-likeness (QED) is 0.841. The molecule has 19 heavy (non-hydrogen) atoms. The van der Waals surface area contributed by atoms with Crippen LogP contribution in [0.25, 0.3) is 0 Å². The number of nitrogens with zero attached hydrogens (tertiary/aromatic N) is 1. The summed E-state index contributed by atoms with van der Waals surface area (Å²) in [5, 5.41) is 0. The van der Waals surface area contributed by atoms with Crippen molar-refractivity contribution in [3.05, 3.63) is 29.3 Å². The maximum Gasteiger partial charge on any atom is 0.217 e. The molecule has 1 aromatic carbocycles. The van der Waals surface area contributed by atoms with Gasteiger partial charge >= 0.3 is 0 Å². The number of carbonyl (C=O) groups excluding carboxylic acids is 2. The first-order valence-electron chi connectivity index (χ1n) is 6.69. The lowest BCUT2D eigenvalue weighted by molar-refractivity contribution is -0.119. The molecule has 0 spiro atoms. The Hall–Kier alpha value is -1.84. The van der Waals surface area contributed by atoms with Gasteiger partial charge in [-0.2, -0.15) is 0 Å². The minimum atomic E-state index is -0.204. The molecule has 1 saturated heterocycles. The Bertz CT molecular complexity index is 477. The minimum absolute atomic E-state index is 0.204. The van der Waals surface area contributed by atoms with E-state index in [1.165, 1.54) is 0 Å². The number of rotatable bonds is 4. The lowest BCUT2D eigenvalue weighted by Gasteiger charge is -2.33. The third-order valence-corrected chi connectivity index (χ3v) is 3.85. The molecule has 4 nitrogen and oxygen atoms in total. The number of carbonyl (C=O) groups is 2. The molecule has 0 bridgehead atoms. The first-order valence-corrected chi connectivity index (χ1v) is 6.69. The summed E-state index contributed by atoms with van der Waals surface area (Å²) in [5.41, 5.74) is 8.14. The van der Waals surface area contributed by atoms with E-state index in [1.54, 1.807) is 0 Å². The van der Waals surface area contributed by atoms with E-state index in [0.717, 1.165) is 49.0 Å². The Morgan fingerprint density at radius 2 is 2.11 bits per heavy atom. The monoisotopic (exact) mass is 260 g/mol. The van der Waals surface area contributed by atoms with Gasteiger partial charge in [-0.3, -0.25) is 9.59 Å². The lowest BCUT2D eigenvalue weighted by atomic mass is 9.93. The molecule has 1 aliphatic heterocycles. The number of primary amides is 1. The Kier molecular flexibility index (Phi) is 4.20. The molecule has 2 N–H and O–H groups in total. The molecule has 2 rings (SSSR count). The van der Waals surface area contributed by atoms with Gasteiger partial charge in [0.15, 0.2) is 0 Å². The van der Waals surface area contributed by atoms with Gasteiger partial charge in [0, 0.05) is 30.8 Å². The largest absolute Gasteiger partial charge is 0.372 e. The van der Waals surface area contributed by atoms with E-state index in [9.17, 15) is 9.59 Å². The first-order chi connectivity index (χ1) is 9.10. The normalized spacial score (nSPS) is 16.4. The fourth-order valence-corrected chi connectivity index (χ4v) is 2.67. The van der Waals surface area contributed by atoms with E-state index in [2.05, 4.69) is 11.0 Å². The average Bonchev–Trinajstić information content (AvgIpc) is 2.39. The Morgan fingerprint density at radius 1 is 1.42 bits per heavy atom. The third-order valence-electron chi connectivity index (χ3n) is 3.85. The van der Waals surface area contributed by atoms with E-state index >= 15 is 0 Å². The standard InChI is InChI=1S/C15H20N2O2/c1-11-8-14(3-2-13(11)10-18)17-6-4-12(5-7-17)9-15(16)19/h2-3,8,10,12H,4-7,9H2,1H3,(H2,16,19). The molecule has 102 valence electrons. The zero-order chi connectivity index (χ0) is 13.8. The summed E-state index contributed by atoms with van der Waals surface area (Å²) in [6, 6.07) is 5.91. The van der Waals surface area contributed by atoms with Crippen molar-refractivity contribution >= 4 is 17.9 Å². The molecule has 4 heteroatoms. The highest BCUT2D eigenvalue weighted by molar-refractivity contribution is 5.78. The van der Waals surface area contributed by atoms with Gasteiger partial charge in [0.1, 0.15) is 6.29 Å². The van der Waals surface area contributed by atoms with Crippen LogP contribution in [0, 0.1) is 12.8 Å². The lowest BCUT2D eigenvalue weighted by Crippen LogP contribution is -2.35. The van der Waals surface area contributed by atoms with Crippen LogP contribution >= 0.6 is 0 Å². The number of nitrogens with two attached hydrogens (primary N) is 1. The van der Waals surface area contributed by atoms with E-state index in [0.29, 0.717) is 12.3 Å². The second-order valence-electron chi connectivity index (χ2n) is 5.26. The van der Waals surface area contributed by atoms with Crippen LogP contribution in [0.3, 0.4) is 0 Å². The molecular formula is C15H20N2O2. The Labute approximate surface area is 113 Å². The van der Waals surface area contributed by atoms with Crippen molar-refractivity contribution < 1.29 is 9.59 Å². The predicted molar refractivity (Wildman–Crippen MR) is 75.3 cm³/mol. The number of amides is 1. The van der Waals surface area contributed by atoms with E-state index in [-0.39, 0.29) is 5.91 Å². The summed E-state index contributed by atoms with van der Waals surface area (Å²) in [6.07, 6.45) is 3.38. The summed E-state index contributed by atoms with van der Waals surface area (Å²) < 4.78 is 0.